The maximum atomic E-state index is 12.3. The van der Waals surface area contributed by atoms with Gasteiger partial charge in [0.15, 0.2) is 0 Å². The van der Waals surface area contributed by atoms with Gasteiger partial charge < -0.3 is 10.2 Å². The Morgan fingerprint density at radius 3 is 2.55 bits per heavy atom. The molecule has 2 aliphatic rings. The Kier molecular flexibility index (Phi) is 3.14. The van der Waals surface area contributed by atoms with Crippen LogP contribution in [-0.2, 0) is 4.79 Å². The van der Waals surface area contributed by atoms with Crippen LogP contribution in [0, 0.1) is 22.7 Å². The average Bonchev–Trinajstić information content (AvgIpc) is 3.22. The topological polar surface area (TPSA) is 79.9 Å². The largest absolute Gasteiger partial charge is 0.311 e. The van der Waals surface area contributed by atoms with Crippen LogP contribution >= 0.6 is 0 Å². The van der Waals surface area contributed by atoms with E-state index in [2.05, 4.69) is 5.32 Å². The van der Waals surface area contributed by atoms with Crippen molar-refractivity contribution in [3.63, 3.8) is 0 Å². The van der Waals surface area contributed by atoms with Gasteiger partial charge in [-0.25, -0.2) is 0 Å². The summed E-state index contributed by atoms with van der Waals surface area (Å²) >= 11 is 0. The monoisotopic (exact) mass is 266 g/mol. The van der Waals surface area contributed by atoms with E-state index < -0.39 is 0 Å². The molecule has 1 unspecified atom stereocenters. The minimum absolute atomic E-state index is 0.0606. The lowest BCUT2D eigenvalue weighted by atomic mass is 10.1. The number of nitrogens with one attached hydrogen (secondary N) is 1. The van der Waals surface area contributed by atoms with Crippen molar-refractivity contribution in [3.05, 3.63) is 29.3 Å². The lowest BCUT2D eigenvalue weighted by Crippen LogP contribution is -2.39. The fourth-order valence-electron chi connectivity index (χ4n) is 2.52. The molecular formula is C15H14N4O. The van der Waals surface area contributed by atoms with Gasteiger partial charge in [-0.15, -0.1) is 0 Å². The van der Waals surface area contributed by atoms with E-state index in [1.165, 1.54) is 0 Å². The second kappa shape index (κ2) is 4.96. The first-order chi connectivity index (χ1) is 9.72. The standard InChI is InChI=1S/C15H14N4O/c16-8-10-1-4-13(7-11(10)9-17)19-6-5-14(15(19)20)18-12-2-3-12/h1,4,7,12,14,18H,2-3,5-6H2. The Balaban J connectivity index is 1.81. The number of hydrogen-bond acceptors (Lipinski definition) is 4. The van der Waals surface area contributed by atoms with E-state index in [4.69, 9.17) is 10.5 Å². The molecule has 1 saturated carbocycles. The number of hydrogen-bond donors (Lipinski definition) is 1. The van der Waals surface area contributed by atoms with E-state index in [9.17, 15) is 4.79 Å². The highest BCUT2D eigenvalue weighted by Crippen LogP contribution is 2.27. The lowest BCUT2D eigenvalue weighted by Gasteiger charge is -2.17. The molecule has 1 N–H and O–H groups in total. The van der Waals surface area contributed by atoms with Crippen molar-refractivity contribution in [1.82, 2.24) is 5.32 Å². The number of amides is 1. The SMILES string of the molecule is N#Cc1ccc(N2CCC(NC3CC3)C2=O)cc1C#N. The molecule has 0 bridgehead atoms. The number of carbonyl (C=O) groups excluding carboxylic acids is 1. The molecule has 5 nitrogen and oxygen atoms in total. The van der Waals surface area contributed by atoms with E-state index in [1.54, 1.807) is 23.1 Å². The van der Waals surface area contributed by atoms with Crippen molar-refractivity contribution in [2.24, 2.45) is 0 Å². The highest BCUT2D eigenvalue weighted by Gasteiger charge is 2.36. The van der Waals surface area contributed by atoms with Crippen LogP contribution in [0.5, 0.6) is 0 Å². The predicted molar refractivity (Wildman–Crippen MR) is 72.8 cm³/mol. The van der Waals surface area contributed by atoms with Crippen molar-refractivity contribution >= 4 is 11.6 Å². The molecule has 1 aliphatic heterocycles. The lowest BCUT2D eigenvalue weighted by molar-refractivity contribution is -0.118. The van der Waals surface area contributed by atoms with Gasteiger partial charge in [0.05, 0.1) is 17.2 Å². The third-order valence-corrected chi connectivity index (χ3v) is 3.78. The smallest absolute Gasteiger partial charge is 0.244 e. The van der Waals surface area contributed by atoms with Gasteiger partial charge in [0.2, 0.25) is 5.91 Å². The van der Waals surface area contributed by atoms with Gasteiger partial charge in [0.1, 0.15) is 12.1 Å². The normalized spacial score (nSPS) is 21.6. The summed E-state index contributed by atoms with van der Waals surface area (Å²) in [6.45, 7) is 0.653. The predicted octanol–water partition coefficient (Wildman–Crippen LogP) is 1.29. The molecule has 1 heterocycles. The van der Waals surface area contributed by atoms with Crippen LogP contribution in [0.2, 0.25) is 0 Å². The number of anilines is 1. The number of rotatable bonds is 3. The third-order valence-electron chi connectivity index (χ3n) is 3.78. The zero-order valence-corrected chi connectivity index (χ0v) is 11.0. The Morgan fingerprint density at radius 1 is 1.15 bits per heavy atom. The van der Waals surface area contributed by atoms with Crippen molar-refractivity contribution in [3.8, 4) is 12.1 Å². The van der Waals surface area contributed by atoms with Crippen molar-refractivity contribution in [2.75, 3.05) is 11.4 Å². The highest BCUT2D eigenvalue weighted by molar-refractivity contribution is 5.99. The number of nitriles is 2. The maximum absolute atomic E-state index is 12.3. The molecule has 1 saturated heterocycles. The molecule has 1 amide bonds. The summed E-state index contributed by atoms with van der Waals surface area (Å²) in [6, 6.07) is 9.33. The minimum atomic E-state index is -0.108. The van der Waals surface area contributed by atoms with Crippen LogP contribution in [0.4, 0.5) is 5.69 Å². The summed E-state index contributed by atoms with van der Waals surface area (Å²) in [6.07, 6.45) is 3.09. The van der Waals surface area contributed by atoms with E-state index >= 15 is 0 Å². The van der Waals surface area contributed by atoms with Crippen LogP contribution < -0.4 is 10.2 Å². The van der Waals surface area contributed by atoms with Crippen LogP contribution in [0.1, 0.15) is 30.4 Å². The molecule has 100 valence electrons. The summed E-state index contributed by atoms with van der Waals surface area (Å²) in [5.74, 6) is 0.0606. The first-order valence-electron chi connectivity index (χ1n) is 6.74. The Bertz CT molecular complexity index is 636. The first kappa shape index (κ1) is 12.7. The third kappa shape index (κ3) is 2.24. The fraction of sp³-hybridized carbons (Fsp3) is 0.400. The van der Waals surface area contributed by atoms with E-state index in [-0.39, 0.29) is 11.9 Å². The van der Waals surface area contributed by atoms with Crippen LogP contribution in [0.25, 0.3) is 0 Å². The molecular weight excluding hydrogens is 252 g/mol. The molecule has 0 radical (unpaired) electrons. The fourth-order valence-corrected chi connectivity index (χ4v) is 2.52. The second-order valence-electron chi connectivity index (χ2n) is 5.23. The molecule has 1 atom stereocenters. The quantitative estimate of drug-likeness (QED) is 0.894. The summed E-state index contributed by atoms with van der Waals surface area (Å²) in [4.78, 5) is 14.0. The minimum Gasteiger partial charge on any atom is -0.311 e. The van der Waals surface area contributed by atoms with Gasteiger partial charge in [-0.2, -0.15) is 10.5 Å². The van der Waals surface area contributed by atoms with Gasteiger partial charge in [0.25, 0.3) is 0 Å². The molecule has 0 aromatic heterocycles. The summed E-state index contributed by atoms with van der Waals surface area (Å²) in [5, 5.41) is 21.3. The van der Waals surface area contributed by atoms with Crippen LogP contribution in [0.15, 0.2) is 18.2 Å². The van der Waals surface area contributed by atoms with Gasteiger partial charge in [0, 0.05) is 18.3 Å². The van der Waals surface area contributed by atoms with Crippen LogP contribution in [0.3, 0.4) is 0 Å². The van der Waals surface area contributed by atoms with Crippen molar-refractivity contribution in [1.29, 1.82) is 10.5 Å². The average molecular weight is 266 g/mol. The zero-order valence-electron chi connectivity index (χ0n) is 11.0. The van der Waals surface area contributed by atoms with Crippen molar-refractivity contribution < 1.29 is 4.79 Å². The molecule has 20 heavy (non-hydrogen) atoms. The van der Waals surface area contributed by atoms with Crippen LogP contribution in [-0.4, -0.2) is 24.5 Å². The number of carbonyl (C=O) groups is 1. The Labute approximate surface area is 117 Å². The van der Waals surface area contributed by atoms with E-state index in [0.717, 1.165) is 19.3 Å². The molecule has 1 aliphatic carbocycles. The van der Waals surface area contributed by atoms with E-state index in [1.807, 2.05) is 12.1 Å². The molecule has 0 spiro atoms. The second-order valence-corrected chi connectivity index (χ2v) is 5.23. The molecule has 1 aromatic carbocycles. The molecule has 2 fully saturated rings. The molecule has 3 rings (SSSR count). The summed E-state index contributed by atoms with van der Waals surface area (Å²) in [7, 11) is 0. The Morgan fingerprint density at radius 2 is 1.90 bits per heavy atom. The molecule has 5 heteroatoms. The van der Waals surface area contributed by atoms with E-state index in [0.29, 0.717) is 29.4 Å². The van der Waals surface area contributed by atoms with Gasteiger partial charge in [-0.1, -0.05) is 0 Å². The van der Waals surface area contributed by atoms with Gasteiger partial charge >= 0.3 is 0 Å². The number of benzene rings is 1. The van der Waals surface area contributed by atoms with Gasteiger partial charge in [-0.05, 0) is 37.5 Å². The zero-order chi connectivity index (χ0) is 14.1. The number of nitrogens with zero attached hydrogens (tertiary/aromatic N) is 3. The maximum Gasteiger partial charge on any atom is 0.244 e. The summed E-state index contributed by atoms with van der Waals surface area (Å²) < 4.78 is 0. The summed E-state index contributed by atoms with van der Waals surface area (Å²) in [5.41, 5.74) is 1.36. The Hall–Kier alpha value is -2.37. The first-order valence-corrected chi connectivity index (χ1v) is 6.74. The van der Waals surface area contributed by atoms with Crippen molar-refractivity contribution in [2.45, 2.75) is 31.3 Å². The molecule has 1 aromatic rings. The van der Waals surface area contributed by atoms with Gasteiger partial charge in [-0.3, -0.25) is 4.79 Å². The highest BCUT2D eigenvalue weighted by atomic mass is 16.2.